The quantitative estimate of drug-likeness (QED) is 0.729. The molecule has 5 rings (SSSR count). The molecule has 0 unspecified atom stereocenters. The van der Waals surface area contributed by atoms with E-state index in [0.29, 0.717) is 12.0 Å². The van der Waals surface area contributed by atoms with E-state index in [0.717, 1.165) is 16.7 Å². The fraction of sp³-hybridized carbons (Fsp3) is 0.389. The third kappa shape index (κ3) is 1.94. The van der Waals surface area contributed by atoms with E-state index in [1.54, 1.807) is 0 Å². The molecule has 0 bridgehead atoms. The number of nitrogens with zero attached hydrogens (tertiary/aromatic N) is 4. The highest BCUT2D eigenvalue weighted by atomic mass is 15.3. The van der Waals surface area contributed by atoms with Gasteiger partial charge in [0, 0.05) is 17.7 Å². The highest BCUT2D eigenvalue weighted by Crippen LogP contribution is 2.44. The van der Waals surface area contributed by atoms with E-state index in [-0.39, 0.29) is 0 Å². The molecule has 0 aliphatic heterocycles. The van der Waals surface area contributed by atoms with E-state index in [2.05, 4.69) is 15.9 Å². The van der Waals surface area contributed by atoms with Gasteiger partial charge in [0.2, 0.25) is 0 Å². The van der Waals surface area contributed by atoms with Crippen LogP contribution in [0.3, 0.4) is 0 Å². The fourth-order valence-electron chi connectivity index (χ4n) is 3.19. The molecule has 2 aromatic heterocycles. The molecule has 3 aromatic rings. The number of hydrogen-bond acceptors (Lipinski definition) is 3. The normalized spacial score (nSPS) is 18.5. The number of benzene rings is 1. The number of aromatic nitrogens is 4. The molecular formula is C18H18N4. The van der Waals surface area contributed by atoms with Gasteiger partial charge in [0.1, 0.15) is 0 Å². The lowest BCUT2D eigenvalue weighted by molar-refractivity contribution is 0.288. The van der Waals surface area contributed by atoms with Crippen molar-refractivity contribution >= 4 is 11.0 Å². The molecule has 0 saturated heterocycles. The number of hydrogen-bond donors (Lipinski definition) is 0. The molecule has 2 heterocycles. The van der Waals surface area contributed by atoms with Crippen molar-refractivity contribution in [2.24, 2.45) is 0 Å². The second kappa shape index (κ2) is 4.63. The van der Waals surface area contributed by atoms with Gasteiger partial charge in [-0.05, 0) is 44.2 Å². The summed E-state index contributed by atoms with van der Waals surface area (Å²) in [6.07, 6.45) is 10.5. The Kier molecular flexibility index (Phi) is 2.60. The largest absolute Gasteiger partial charge is 0.269 e. The lowest BCUT2D eigenvalue weighted by Gasteiger charge is -2.25. The van der Waals surface area contributed by atoms with Crippen LogP contribution in [-0.2, 0) is 0 Å². The van der Waals surface area contributed by atoms with Gasteiger partial charge in [0.15, 0.2) is 0 Å². The maximum absolute atomic E-state index is 4.90. The van der Waals surface area contributed by atoms with Crippen LogP contribution in [0.4, 0.5) is 0 Å². The second-order valence-electron chi connectivity index (χ2n) is 6.51. The van der Waals surface area contributed by atoms with E-state index >= 15 is 0 Å². The van der Waals surface area contributed by atoms with Crippen LogP contribution in [0.2, 0.25) is 0 Å². The van der Waals surface area contributed by atoms with Gasteiger partial charge < -0.3 is 0 Å². The summed E-state index contributed by atoms with van der Waals surface area (Å²) >= 11 is 0. The summed E-state index contributed by atoms with van der Waals surface area (Å²) in [5, 5.41) is 4.90. The lowest BCUT2D eigenvalue weighted by atomic mass is 9.93. The minimum Gasteiger partial charge on any atom is -0.269 e. The van der Waals surface area contributed by atoms with Crippen molar-refractivity contribution < 1.29 is 0 Å². The molecule has 0 amide bonds. The monoisotopic (exact) mass is 290 g/mol. The van der Waals surface area contributed by atoms with E-state index < -0.39 is 0 Å². The maximum atomic E-state index is 4.90. The first-order valence-electron chi connectivity index (χ1n) is 8.20. The van der Waals surface area contributed by atoms with Gasteiger partial charge in [0.05, 0.1) is 34.7 Å². The molecule has 2 fully saturated rings. The summed E-state index contributed by atoms with van der Waals surface area (Å²) in [7, 11) is 0. The second-order valence-corrected chi connectivity index (χ2v) is 6.51. The Morgan fingerprint density at radius 1 is 1.00 bits per heavy atom. The molecule has 0 N–H and O–H groups in total. The van der Waals surface area contributed by atoms with Crippen molar-refractivity contribution in [3.63, 3.8) is 0 Å². The van der Waals surface area contributed by atoms with Gasteiger partial charge in [0.25, 0.3) is 0 Å². The SMILES string of the molecule is c1ccc2nc(-c3cn(C4CCC4)nc3C3CC3)cnc2c1. The van der Waals surface area contributed by atoms with Crippen molar-refractivity contribution in [1.29, 1.82) is 0 Å². The van der Waals surface area contributed by atoms with Crippen LogP contribution in [0.5, 0.6) is 0 Å². The molecule has 2 saturated carbocycles. The van der Waals surface area contributed by atoms with E-state index in [1.807, 2.05) is 30.5 Å². The zero-order chi connectivity index (χ0) is 14.5. The Labute approximate surface area is 129 Å². The molecule has 4 nitrogen and oxygen atoms in total. The van der Waals surface area contributed by atoms with Crippen molar-refractivity contribution in [2.75, 3.05) is 0 Å². The molecular weight excluding hydrogens is 272 g/mol. The molecule has 1 aromatic carbocycles. The van der Waals surface area contributed by atoms with Crippen molar-refractivity contribution in [1.82, 2.24) is 19.7 Å². The van der Waals surface area contributed by atoms with Gasteiger partial charge in [-0.1, -0.05) is 12.1 Å². The van der Waals surface area contributed by atoms with Crippen molar-refractivity contribution in [2.45, 2.75) is 44.1 Å². The van der Waals surface area contributed by atoms with Gasteiger partial charge >= 0.3 is 0 Å². The Morgan fingerprint density at radius 3 is 2.55 bits per heavy atom. The first-order chi connectivity index (χ1) is 10.9. The summed E-state index contributed by atoms with van der Waals surface area (Å²) in [6, 6.07) is 8.64. The first kappa shape index (κ1) is 12.3. The third-order valence-corrected chi connectivity index (χ3v) is 4.90. The van der Waals surface area contributed by atoms with Crippen LogP contribution < -0.4 is 0 Å². The summed E-state index contributed by atoms with van der Waals surface area (Å²) in [6.45, 7) is 0. The average molecular weight is 290 g/mol. The Morgan fingerprint density at radius 2 is 1.82 bits per heavy atom. The summed E-state index contributed by atoms with van der Waals surface area (Å²) in [5.41, 5.74) is 5.29. The smallest absolute Gasteiger partial charge is 0.0927 e. The lowest BCUT2D eigenvalue weighted by Crippen LogP contribution is -2.17. The Bertz CT molecular complexity index is 843. The molecule has 0 radical (unpaired) electrons. The number of para-hydroxylation sites is 2. The zero-order valence-corrected chi connectivity index (χ0v) is 12.4. The van der Waals surface area contributed by atoms with Crippen LogP contribution in [0.1, 0.15) is 49.8 Å². The van der Waals surface area contributed by atoms with Gasteiger partial charge in [-0.3, -0.25) is 9.67 Å². The Hall–Kier alpha value is -2.23. The number of fused-ring (bicyclic) bond motifs is 1. The predicted molar refractivity (Wildman–Crippen MR) is 85.6 cm³/mol. The minimum atomic E-state index is 0.597. The van der Waals surface area contributed by atoms with Crippen molar-refractivity contribution in [3.05, 3.63) is 42.4 Å². The van der Waals surface area contributed by atoms with E-state index in [4.69, 9.17) is 10.1 Å². The van der Waals surface area contributed by atoms with E-state index in [1.165, 1.54) is 43.4 Å². The van der Waals surface area contributed by atoms with Crippen LogP contribution in [0, 0.1) is 0 Å². The van der Waals surface area contributed by atoms with Gasteiger partial charge in [-0.15, -0.1) is 0 Å². The highest BCUT2D eigenvalue weighted by Gasteiger charge is 2.32. The minimum absolute atomic E-state index is 0.597. The zero-order valence-electron chi connectivity index (χ0n) is 12.4. The summed E-state index contributed by atoms with van der Waals surface area (Å²) in [4.78, 5) is 9.38. The summed E-state index contributed by atoms with van der Waals surface area (Å²) in [5.74, 6) is 0.629. The van der Waals surface area contributed by atoms with Crippen LogP contribution >= 0.6 is 0 Å². The standard InChI is InChI=1S/C18H18N4/c1-2-7-16-15(6-1)19-10-17(20-16)14-11-22(13-4-3-5-13)21-18(14)12-8-9-12/h1-2,6-7,10-13H,3-5,8-9H2. The van der Waals surface area contributed by atoms with E-state index in [9.17, 15) is 0 Å². The van der Waals surface area contributed by atoms with Crippen molar-refractivity contribution in [3.8, 4) is 11.3 Å². The molecule has 110 valence electrons. The maximum Gasteiger partial charge on any atom is 0.0927 e. The molecule has 0 spiro atoms. The Balaban J connectivity index is 1.63. The van der Waals surface area contributed by atoms with Gasteiger partial charge in [-0.25, -0.2) is 4.98 Å². The average Bonchev–Trinajstić information content (AvgIpc) is 3.26. The topological polar surface area (TPSA) is 43.6 Å². The molecule has 2 aliphatic rings. The molecule has 4 heteroatoms. The molecule has 22 heavy (non-hydrogen) atoms. The highest BCUT2D eigenvalue weighted by molar-refractivity contribution is 5.77. The van der Waals surface area contributed by atoms with Crippen LogP contribution in [-0.4, -0.2) is 19.7 Å². The van der Waals surface area contributed by atoms with Gasteiger partial charge in [-0.2, -0.15) is 5.10 Å². The first-order valence-corrected chi connectivity index (χ1v) is 8.20. The third-order valence-electron chi connectivity index (χ3n) is 4.90. The molecule has 0 atom stereocenters. The fourth-order valence-corrected chi connectivity index (χ4v) is 3.19. The van der Waals surface area contributed by atoms with Crippen LogP contribution in [0.15, 0.2) is 36.7 Å². The summed E-state index contributed by atoms with van der Waals surface area (Å²) < 4.78 is 2.18. The molecule has 2 aliphatic carbocycles. The van der Waals surface area contributed by atoms with Crippen LogP contribution in [0.25, 0.3) is 22.3 Å². The predicted octanol–water partition coefficient (Wildman–Crippen LogP) is 4.10. The number of rotatable bonds is 3.